The lowest BCUT2D eigenvalue weighted by Crippen LogP contribution is -2.61. The maximum Gasteiger partial charge on any atom is 0.421 e. The van der Waals surface area contributed by atoms with Gasteiger partial charge in [-0.15, -0.1) is 0 Å². The quantitative estimate of drug-likeness (QED) is 0.601. The smallest absolute Gasteiger partial charge is 0.421 e. The van der Waals surface area contributed by atoms with E-state index in [9.17, 15) is 18.0 Å². The van der Waals surface area contributed by atoms with E-state index in [0.29, 0.717) is 6.42 Å². The zero-order valence-electron chi connectivity index (χ0n) is 8.52. The fourth-order valence-corrected chi connectivity index (χ4v) is 2.48. The van der Waals surface area contributed by atoms with Crippen LogP contribution in [0.5, 0.6) is 0 Å². The normalized spacial score (nSPS) is 18.3. The van der Waals surface area contributed by atoms with Crippen molar-refractivity contribution in [1.82, 2.24) is 9.44 Å². The van der Waals surface area contributed by atoms with Crippen molar-refractivity contribution in [2.75, 3.05) is 7.11 Å². The van der Waals surface area contributed by atoms with Crippen LogP contribution in [0.3, 0.4) is 0 Å². The van der Waals surface area contributed by atoms with Crippen molar-refractivity contribution < 1.29 is 27.9 Å². The lowest BCUT2D eigenvalue weighted by molar-refractivity contribution is -0.147. The van der Waals surface area contributed by atoms with E-state index in [1.807, 2.05) is 4.72 Å². The molecule has 0 aromatic heterocycles. The van der Waals surface area contributed by atoms with Crippen molar-refractivity contribution in [1.29, 1.82) is 0 Å². The van der Waals surface area contributed by atoms with Gasteiger partial charge in [-0.05, 0) is 19.3 Å². The molecular weight excluding hydrogens is 240 g/mol. The van der Waals surface area contributed by atoms with Crippen LogP contribution < -0.4 is 9.44 Å². The summed E-state index contributed by atoms with van der Waals surface area (Å²) in [5.41, 5.74) is -1.50. The highest BCUT2D eigenvalue weighted by atomic mass is 32.2. The molecule has 0 spiro atoms. The summed E-state index contributed by atoms with van der Waals surface area (Å²) in [7, 11) is -3.21. The average Bonchev–Trinajstić information content (AvgIpc) is 2.10. The fourth-order valence-electron chi connectivity index (χ4n) is 1.32. The van der Waals surface area contributed by atoms with E-state index >= 15 is 0 Å². The lowest BCUT2D eigenvalue weighted by atomic mass is 9.78. The summed E-state index contributed by atoms with van der Waals surface area (Å²) < 4.78 is 30.2. The Morgan fingerprint density at radius 1 is 1.38 bits per heavy atom. The largest absolute Gasteiger partial charge is 0.480 e. The molecular formula is C7H12N2O6S. The molecule has 1 aliphatic carbocycles. The molecule has 0 heterocycles. The molecule has 8 nitrogen and oxygen atoms in total. The van der Waals surface area contributed by atoms with Crippen LogP contribution in [0.2, 0.25) is 0 Å². The third-order valence-corrected chi connectivity index (χ3v) is 3.44. The summed E-state index contributed by atoms with van der Waals surface area (Å²) in [6.07, 6.45) is -0.158. The van der Waals surface area contributed by atoms with Gasteiger partial charge in [-0.2, -0.15) is 13.1 Å². The second-order valence-corrected chi connectivity index (χ2v) is 4.86. The monoisotopic (exact) mass is 252 g/mol. The Bertz CT molecular complexity index is 399. The summed E-state index contributed by atoms with van der Waals surface area (Å²) in [6.45, 7) is 0. The van der Waals surface area contributed by atoms with Gasteiger partial charge in [-0.1, -0.05) is 0 Å². The summed E-state index contributed by atoms with van der Waals surface area (Å²) in [6, 6.07) is 0. The molecule has 0 aliphatic heterocycles. The van der Waals surface area contributed by atoms with E-state index in [2.05, 4.69) is 4.74 Å². The molecule has 0 aromatic rings. The summed E-state index contributed by atoms with van der Waals surface area (Å²) >= 11 is 0. The number of rotatable bonds is 4. The Labute approximate surface area is 92.1 Å². The third kappa shape index (κ3) is 2.61. The first-order valence-corrected chi connectivity index (χ1v) is 5.93. The zero-order valence-corrected chi connectivity index (χ0v) is 9.33. The van der Waals surface area contributed by atoms with Crippen LogP contribution in [0.25, 0.3) is 0 Å². The van der Waals surface area contributed by atoms with Crippen LogP contribution >= 0.6 is 0 Å². The molecule has 3 N–H and O–H groups in total. The Morgan fingerprint density at radius 2 is 1.94 bits per heavy atom. The number of carbonyl (C=O) groups is 2. The van der Waals surface area contributed by atoms with Crippen LogP contribution in [-0.4, -0.2) is 38.2 Å². The number of carboxylic acid groups (broad SMARTS) is 1. The maximum atomic E-state index is 11.3. The molecule has 1 rings (SSSR count). The summed E-state index contributed by atoms with van der Waals surface area (Å²) in [5, 5.41) is 8.87. The van der Waals surface area contributed by atoms with Gasteiger partial charge >= 0.3 is 22.3 Å². The number of hydrogen-bond acceptors (Lipinski definition) is 5. The minimum Gasteiger partial charge on any atom is -0.480 e. The van der Waals surface area contributed by atoms with Gasteiger partial charge in [0.1, 0.15) is 5.54 Å². The first-order valence-electron chi connectivity index (χ1n) is 4.44. The maximum absolute atomic E-state index is 11.3. The van der Waals surface area contributed by atoms with Gasteiger partial charge in [0.15, 0.2) is 0 Å². The highest BCUT2D eigenvalue weighted by molar-refractivity contribution is 7.88. The SMILES string of the molecule is COC(=O)NS(=O)(=O)NC1(C(=O)O)CCC1. The van der Waals surface area contributed by atoms with Crippen molar-refractivity contribution in [3.8, 4) is 0 Å². The first-order chi connectivity index (χ1) is 7.31. The van der Waals surface area contributed by atoms with Crippen LogP contribution in [0.15, 0.2) is 0 Å². The number of amides is 1. The number of aliphatic carboxylic acids is 1. The summed E-state index contributed by atoms with van der Waals surface area (Å²) in [4.78, 5) is 21.6. The van der Waals surface area contributed by atoms with E-state index in [-0.39, 0.29) is 12.8 Å². The van der Waals surface area contributed by atoms with E-state index in [1.165, 1.54) is 4.72 Å². The predicted octanol–water partition coefficient (Wildman–Crippen LogP) is -0.816. The second kappa shape index (κ2) is 4.26. The van der Waals surface area contributed by atoms with Gasteiger partial charge in [-0.25, -0.2) is 9.52 Å². The van der Waals surface area contributed by atoms with Crippen molar-refractivity contribution in [3.05, 3.63) is 0 Å². The van der Waals surface area contributed by atoms with E-state index < -0.39 is 27.8 Å². The van der Waals surface area contributed by atoms with E-state index in [0.717, 1.165) is 7.11 Å². The van der Waals surface area contributed by atoms with Crippen molar-refractivity contribution in [2.24, 2.45) is 0 Å². The topological polar surface area (TPSA) is 122 Å². The average molecular weight is 252 g/mol. The number of methoxy groups -OCH3 is 1. The molecule has 9 heteroatoms. The van der Waals surface area contributed by atoms with Gasteiger partial charge in [0.05, 0.1) is 7.11 Å². The minimum absolute atomic E-state index is 0.199. The Kier molecular flexibility index (Phi) is 3.38. The Hall–Kier alpha value is -1.35. The molecule has 1 amide bonds. The van der Waals surface area contributed by atoms with E-state index in [4.69, 9.17) is 5.11 Å². The Morgan fingerprint density at radius 3 is 2.25 bits per heavy atom. The molecule has 0 unspecified atom stereocenters. The molecule has 0 aromatic carbocycles. The number of nitrogens with one attached hydrogen (secondary N) is 2. The number of hydrogen-bond donors (Lipinski definition) is 3. The molecule has 0 saturated heterocycles. The molecule has 1 aliphatic rings. The zero-order chi connectivity index (χ0) is 12.4. The second-order valence-electron chi connectivity index (χ2n) is 3.44. The first kappa shape index (κ1) is 12.7. The molecule has 1 saturated carbocycles. The van der Waals surface area contributed by atoms with Crippen LogP contribution in [0, 0.1) is 0 Å². The number of carboxylic acids is 1. The molecule has 0 bridgehead atoms. The fraction of sp³-hybridized carbons (Fsp3) is 0.714. The molecule has 16 heavy (non-hydrogen) atoms. The molecule has 92 valence electrons. The molecule has 1 fully saturated rings. The summed E-state index contributed by atoms with van der Waals surface area (Å²) in [5.74, 6) is -1.26. The van der Waals surface area contributed by atoms with Gasteiger partial charge in [-0.3, -0.25) is 4.79 Å². The van der Waals surface area contributed by atoms with Crippen LogP contribution in [-0.2, 0) is 19.7 Å². The number of carbonyl (C=O) groups excluding carboxylic acids is 1. The third-order valence-electron chi connectivity index (χ3n) is 2.35. The standard InChI is InChI=1S/C7H12N2O6S/c1-15-6(12)8-16(13,14)9-7(5(10)11)3-2-4-7/h9H,2-4H2,1H3,(H,8,12)(H,10,11). The number of ether oxygens (including phenoxy) is 1. The highest BCUT2D eigenvalue weighted by Gasteiger charge is 2.47. The van der Waals surface area contributed by atoms with Crippen molar-refractivity contribution in [3.63, 3.8) is 0 Å². The van der Waals surface area contributed by atoms with Crippen molar-refractivity contribution in [2.45, 2.75) is 24.8 Å². The van der Waals surface area contributed by atoms with Gasteiger partial charge in [0.2, 0.25) is 0 Å². The van der Waals surface area contributed by atoms with Gasteiger partial charge in [0, 0.05) is 0 Å². The molecule has 0 radical (unpaired) electrons. The van der Waals surface area contributed by atoms with Crippen molar-refractivity contribution >= 4 is 22.3 Å². The lowest BCUT2D eigenvalue weighted by Gasteiger charge is -2.37. The highest BCUT2D eigenvalue weighted by Crippen LogP contribution is 2.32. The minimum atomic E-state index is -4.21. The Balaban J connectivity index is 2.72. The predicted molar refractivity (Wildman–Crippen MR) is 51.8 cm³/mol. The van der Waals surface area contributed by atoms with Gasteiger partial charge < -0.3 is 9.84 Å². The van der Waals surface area contributed by atoms with E-state index in [1.54, 1.807) is 0 Å². The molecule has 0 atom stereocenters. The van der Waals surface area contributed by atoms with Crippen LogP contribution in [0.4, 0.5) is 4.79 Å². The van der Waals surface area contributed by atoms with Crippen LogP contribution in [0.1, 0.15) is 19.3 Å². The van der Waals surface area contributed by atoms with Gasteiger partial charge in [0.25, 0.3) is 0 Å².